The minimum Gasteiger partial charge on any atom is -0.467 e. The van der Waals surface area contributed by atoms with Crippen LogP contribution in [-0.4, -0.2) is 25.7 Å². The molecule has 104 valence electrons. The number of hydrogen-bond donors (Lipinski definition) is 0. The fourth-order valence-corrected chi connectivity index (χ4v) is 2.42. The van der Waals surface area contributed by atoms with E-state index < -0.39 is 23.8 Å². The number of benzene rings is 1. The van der Waals surface area contributed by atoms with Gasteiger partial charge in [-0.15, -0.1) is 0 Å². The van der Waals surface area contributed by atoms with E-state index in [-0.39, 0.29) is 12.0 Å². The lowest BCUT2D eigenvalue weighted by Gasteiger charge is -2.25. The molecule has 19 heavy (non-hydrogen) atoms. The molecule has 0 aliphatic carbocycles. The van der Waals surface area contributed by atoms with Gasteiger partial charge in [-0.25, -0.2) is 4.79 Å². The molecule has 0 saturated heterocycles. The molecule has 0 aromatic heterocycles. The summed E-state index contributed by atoms with van der Waals surface area (Å²) in [6.07, 6.45) is -4.08. The predicted octanol–water partition coefficient (Wildman–Crippen LogP) is 2.63. The van der Waals surface area contributed by atoms with Crippen molar-refractivity contribution in [2.45, 2.75) is 25.6 Å². The Hall–Kier alpha value is -1.72. The van der Waals surface area contributed by atoms with Crippen molar-refractivity contribution in [3.63, 3.8) is 0 Å². The van der Waals surface area contributed by atoms with E-state index in [0.29, 0.717) is 12.2 Å². The van der Waals surface area contributed by atoms with Gasteiger partial charge in [0, 0.05) is 12.2 Å². The summed E-state index contributed by atoms with van der Waals surface area (Å²) < 4.78 is 43.3. The summed E-state index contributed by atoms with van der Waals surface area (Å²) in [7, 11) is 1.27. The van der Waals surface area contributed by atoms with E-state index in [1.54, 1.807) is 17.9 Å². The van der Waals surface area contributed by atoms with Crippen LogP contribution >= 0.6 is 0 Å². The van der Waals surface area contributed by atoms with Crippen LogP contribution in [0.25, 0.3) is 0 Å². The molecule has 1 aromatic rings. The van der Waals surface area contributed by atoms with E-state index in [1.165, 1.54) is 13.2 Å². The van der Waals surface area contributed by atoms with Crippen molar-refractivity contribution < 1.29 is 22.7 Å². The number of halogens is 3. The largest absolute Gasteiger partial charge is 0.467 e. The van der Waals surface area contributed by atoms with Gasteiger partial charge in [0.2, 0.25) is 0 Å². The molecule has 0 amide bonds. The predicted molar refractivity (Wildman–Crippen MR) is 64.0 cm³/mol. The molecule has 1 aliphatic rings. The average Bonchev–Trinajstić information content (AvgIpc) is 2.79. The fraction of sp³-hybridized carbons (Fsp3) is 0.462. The summed E-state index contributed by atoms with van der Waals surface area (Å²) in [4.78, 5) is 13.2. The average molecular weight is 273 g/mol. The minimum absolute atomic E-state index is 0.255. The number of carbonyl (C=O) groups excluding carboxylic acids is 1. The molecule has 1 heterocycles. The van der Waals surface area contributed by atoms with E-state index in [4.69, 9.17) is 0 Å². The van der Waals surface area contributed by atoms with Crippen molar-refractivity contribution in [2.24, 2.45) is 0 Å². The molecule has 0 spiro atoms. The third-order valence-electron chi connectivity index (χ3n) is 3.38. The normalized spacial score (nSPS) is 16.2. The third-order valence-corrected chi connectivity index (χ3v) is 3.38. The van der Waals surface area contributed by atoms with Gasteiger partial charge in [0.15, 0.2) is 0 Å². The maximum atomic E-state index is 12.9. The second-order valence-electron chi connectivity index (χ2n) is 4.44. The lowest BCUT2D eigenvalue weighted by atomic mass is 10.0. The van der Waals surface area contributed by atoms with Crippen molar-refractivity contribution in [1.29, 1.82) is 0 Å². The zero-order chi connectivity index (χ0) is 14.2. The Labute approximate surface area is 109 Å². The first-order valence-electron chi connectivity index (χ1n) is 5.90. The van der Waals surface area contributed by atoms with Crippen LogP contribution in [0, 0.1) is 0 Å². The van der Waals surface area contributed by atoms with Crippen molar-refractivity contribution in [3.05, 3.63) is 29.3 Å². The van der Waals surface area contributed by atoms with Gasteiger partial charge in [0.1, 0.15) is 6.04 Å². The number of nitrogens with zero attached hydrogens (tertiary/aromatic N) is 1. The van der Waals surface area contributed by atoms with Crippen molar-refractivity contribution in [1.82, 2.24) is 0 Å². The van der Waals surface area contributed by atoms with Crippen LogP contribution in [0.3, 0.4) is 0 Å². The fourth-order valence-electron chi connectivity index (χ4n) is 2.42. The zero-order valence-electron chi connectivity index (χ0n) is 10.6. The van der Waals surface area contributed by atoms with Crippen LogP contribution < -0.4 is 4.90 Å². The Morgan fingerprint density at radius 3 is 2.68 bits per heavy atom. The first-order valence-corrected chi connectivity index (χ1v) is 5.90. The monoisotopic (exact) mass is 273 g/mol. The van der Waals surface area contributed by atoms with Gasteiger partial charge in [0.25, 0.3) is 0 Å². The van der Waals surface area contributed by atoms with E-state index in [9.17, 15) is 18.0 Å². The molecule has 1 aromatic carbocycles. The first kappa shape index (κ1) is 13.7. The maximum absolute atomic E-state index is 12.9. The summed E-state index contributed by atoms with van der Waals surface area (Å²) in [6.45, 7) is 2.01. The molecule has 0 radical (unpaired) electrons. The molecule has 1 unspecified atom stereocenters. The lowest BCUT2D eigenvalue weighted by Crippen LogP contribution is -2.38. The number of ether oxygens (including phenoxy) is 1. The van der Waals surface area contributed by atoms with E-state index in [1.807, 2.05) is 0 Å². The quantitative estimate of drug-likeness (QED) is 0.776. The Morgan fingerprint density at radius 2 is 2.11 bits per heavy atom. The molecule has 0 fully saturated rings. The van der Waals surface area contributed by atoms with Gasteiger partial charge >= 0.3 is 12.1 Å². The molecule has 1 atom stereocenters. The summed E-state index contributed by atoms with van der Waals surface area (Å²) in [5, 5.41) is 0. The van der Waals surface area contributed by atoms with Gasteiger partial charge in [-0.1, -0.05) is 6.07 Å². The van der Waals surface area contributed by atoms with Crippen molar-refractivity contribution in [3.8, 4) is 0 Å². The summed E-state index contributed by atoms with van der Waals surface area (Å²) >= 11 is 0. The number of carbonyl (C=O) groups is 1. The molecule has 6 heteroatoms. The third kappa shape index (κ3) is 2.39. The molecule has 0 bridgehead atoms. The van der Waals surface area contributed by atoms with Gasteiger partial charge in [-0.05, 0) is 31.0 Å². The van der Waals surface area contributed by atoms with E-state index in [0.717, 1.165) is 6.07 Å². The highest BCUT2D eigenvalue weighted by Gasteiger charge is 2.38. The van der Waals surface area contributed by atoms with E-state index >= 15 is 0 Å². The van der Waals surface area contributed by atoms with Gasteiger partial charge in [-0.2, -0.15) is 13.2 Å². The second kappa shape index (κ2) is 4.75. The Morgan fingerprint density at radius 1 is 1.42 bits per heavy atom. The van der Waals surface area contributed by atoms with Crippen LogP contribution in [-0.2, 0) is 22.1 Å². The van der Waals surface area contributed by atoms with Gasteiger partial charge < -0.3 is 9.64 Å². The molecule has 0 N–H and O–H groups in total. The topological polar surface area (TPSA) is 29.5 Å². The number of methoxy groups -OCH3 is 1. The minimum atomic E-state index is -4.37. The smallest absolute Gasteiger partial charge is 0.416 e. The van der Waals surface area contributed by atoms with Crippen LogP contribution in [0.5, 0.6) is 0 Å². The highest BCUT2D eigenvalue weighted by molar-refractivity contribution is 5.81. The highest BCUT2D eigenvalue weighted by atomic mass is 19.4. The maximum Gasteiger partial charge on any atom is 0.416 e. The number of alkyl halides is 3. The van der Waals surface area contributed by atoms with Crippen LogP contribution in [0.2, 0.25) is 0 Å². The molecule has 3 nitrogen and oxygen atoms in total. The molecule has 2 rings (SSSR count). The second-order valence-corrected chi connectivity index (χ2v) is 4.44. The molecular formula is C13H14F3NO2. The SMILES string of the molecule is COC(=O)C(C)N1CCc2c1cccc2C(F)(F)F. The molecule has 1 aliphatic heterocycles. The van der Waals surface area contributed by atoms with Gasteiger partial charge in [0.05, 0.1) is 12.7 Å². The summed E-state index contributed by atoms with van der Waals surface area (Å²) in [6, 6.07) is 3.46. The van der Waals surface area contributed by atoms with E-state index in [2.05, 4.69) is 4.74 Å². The van der Waals surface area contributed by atoms with Crippen molar-refractivity contribution >= 4 is 11.7 Å². The van der Waals surface area contributed by atoms with Crippen LogP contribution in [0.4, 0.5) is 18.9 Å². The van der Waals surface area contributed by atoms with Gasteiger partial charge in [-0.3, -0.25) is 0 Å². The Bertz CT molecular complexity index is 499. The highest BCUT2D eigenvalue weighted by Crippen LogP contribution is 2.40. The standard InChI is InChI=1S/C13H14F3NO2/c1-8(12(18)19-2)17-7-6-9-10(13(14,15)16)4-3-5-11(9)17/h3-5,8H,6-7H2,1-2H3. The van der Waals surface area contributed by atoms with Crippen LogP contribution in [0.15, 0.2) is 18.2 Å². The Balaban J connectivity index is 2.39. The number of anilines is 1. The number of esters is 1. The first-order chi connectivity index (χ1) is 8.86. The lowest BCUT2D eigenvalue weighted by molar-refractivity contribution is -0.141. The summed E-state index contributed by atoms with van der Waals surface area (Å²) in [5.74, 6) is -0.453. The number of hydrogen-bond acceptors (Lipinski definition) is 3. The summed E-state index contributed by atoms with van der Waals surface area (Å²) in [5.41, 5.74) is 0.100. The molecule has 0 saturated carbocycles. The number of rotatable bonds is 2. The van der Waals surface area contributed by atoms with Crippen LogP contribution in [0.1, 0.15) is 18.1 Å². The molecular weight excluding hydrogens is 259 g/mol. The number of fused-ring (bicyclic) bond motifs is 1. The Kier molecular flexibility index (Phi) is 3.43. The van der Waals surface area contributed by atoms with Crippen molar-refractivity contribution in [2.75, 3.05) is 18.6 Å². The zero-order valence-corrected chi connectivity index (χ0v) is 10.6.